The monoisotopic (exact) mass is 474 g/mol. The Hall–Kier alpha value is -2.87. The standard InChI is InChI=1S/C18H30N6O7S/c19-9(8-32)17(29)24-7-1-2-12(24)16(28)22-10(3-5-13(20)25)15(27)23-11(18(30)31)4-6-14(21)26/h9-12,32H,1-8,19H2,(H2,20,25)(H2,21,26)(H,22,28)(H,23,27)(H,30,31). The third kappa shape index (κ3) is 8.34. The summed E-state index contributed by atoms with van der Waals surface area (Å²) in [4.78, 5) is 72.7. The van der Waals surface area contributed by atoms with Gasteiger partial charge in [-0.05, 0) is 25.7 Å². The number of aliphatic carboxylic acids is 1. The first kappa shape index (κ1) is 27.2. The van der Waals surface area contributed by atoms with E-state index in [1.54, 1.807) is 0 Å². The van der Waals surface area contributed by atoms with Gasteiger partial charge in [0, 0.05) is 25.1 Å². The molecule has 180 valence electrons. The zero-order valence-electron chi connectivity index (χ0n) is 17.5. The van der Waals surface area contributed by atoms with Crippen LogP contribution in [0.3, 0.4) is 0 Å². The first-order chi connectivity index (χ1) is 15.0. The minimum atomic E-state index is -1.43. The van der Waals surface area contributed by atoms with Gasteiger partial charge >= 0.3 is 5.97 Å². The van der Waals surface area contributed by atoms with Gasteiger partial charge < -0.3 is 37.8 Å². The molecule has 1 rings (SSSR count). The number of likely N-dealkylation sites (tertiary alicyclic amines) is 1. The Morgan fingerprint density at radius 2 is 1.56 bits per heavy atom. The Labute approximate surface area is 190 Å². The smallest absolute Gasteiger partial charge is 0.326 e. The minimum absolute atomic E-state index is 0.0925. The van der Waals surface area contributed by atoms with Crippen LogP contribution in [0.5, 0.6) is 0 Å². The van der Waals surface area contributed by atoms with Gasteiger partial charge in [0.2, 0.25) is 29.5 Å². The first-order valence-electron chi connectivity index (χ1n) is 10.0. The Kier molecular flexibility index (Phi) is 10.9. The normalized spacial score (nSPS) is 18.3. The molecule has 1 aliphatic rings. The van der Waals surface area contributed by atoms with E-state index >= 15 is 0 Å². The van der Waals surface area contributed by atoms with E-state index in [9.17, 15) is 33.9 Å². The average molecular weight is 475 g/mol. The highest BCUT2D eigenvalue weighted by atomic mass is 32.1. The lowest BCUT2D eigenvalue weighted by molar-refractivity contribution is -0.143. The molecule has 0 aromatic heterocycles. The molecule has 4 atom stereocenters. The number of nitrogens with zero attached hydrogens (tertiary/aromatic N) is 1. The largest absolute Gasteiger partial charge is 0.480 e. The number of amides is 5. The molecule has 0 aromatic rings. The van der Waals surface area contributed by atoms with Crippen LogP contribution in [0.4, 0.5) is 0 Å². The summed E-state index contributed by atoms with van der Waals surface area (Å²) < 4.78 is 0. The van der Waals surface area contributed by atoms with E-state index in [1.807, 2.05) is 0 Å². The fourth-order valence-corrected chi connectivity index (χ4v) is 3.39. The molecule has 0 radical (unpaired) electrons. The number of rotatable bonds is 13. The zero-order chi connectivity index (χ0) is 24.4. The quantitative estimate of drug-likeness (QED) is 0.134. The van der Waals surface area contributed by atoms with Gasteiger partial charge in [-0.2, -0.15) is 12.6 Å². The van der Waals surface area contributed by atoms with Crippen molar-refractivity contribution in [2.75, 3.05) is 12.3 Å². The average Bonchev–Trinajstić information content (AvgIpc) is 3.21. The fourth-order valence-electron chi connectivity index (χ4n) is 3.23. The maximum Gasteiger partial charge on any atom is 0.326 e. The molecular weight excluding hydrogens is 444 g/mol. The molecule has 1 heterocycles. The van der Waals surface area contributed by atoms with Crippen LogP contribution in [0, 0.1) is 0 Å². The molecule has 0 saturated carbocycles. The minimum Gasteiger partial charge on any atom is -0.480 e. The second-order valence-corrected chi connectivity index (χ2v) is 7.81. The van der Waals surface area contributed by atoms with Gasteiger partial charge in [-0.1, -0.05) is 0 Å². The molecule has 13 nitrogen and oxygen atoms in total. The maximum atomic E-state index is 12.8. The molecule has 1 fully saturated rings. The molecule has 0 bridgehead atoms. The topological polar surface area (TPSA) is 228 Å². The predicted octanol–water partition coefficient (Wildman–Crippen LogP) is -3.18. The molecule has 0 spiro atoms. The number of carboxylic acid groups (broad SMARTS) is 1. The summed E-state index contributed by atoms with van der Waals surface area (Å²) in [5.74, 6) is -4.74. The highest BCUT2D eigenvalue weighted by Crippen LogP contribution is 2.19. The number of hydrogen-bond donors (Lipinski definition) is 7. The molecule has 1 saturated heterocycles. The van der Waals surface area contributed by atoms with Gasteiger partial charge in [0.1, 0.15) is 18.1 Å². The van der Waals surface area contributed by atoms with Crippen LogP contribution in [0.25, 0.3) is 0 Å². The van der Waals surface area contributed by atoms with E-state index in [2.05, 4.69) is 23.3 Å². The summed E-state index contributed by atoms with van der Waals surface area (Å²) in [6.07, 6.45) is -0.0759. The van der Waals surface area contributed by atoms with Crippen molar-refractivity contribution < 1.29 is 33.9 Å². The summed E-state index contributed by atoms with van der Waals surface area (Å²) in [5.41, 5.74) is 15.9. The van der Waals surface area contributed by atoms with Crippen LogP contribution in [0.2, 0.25) is 0 Å². The number of hydrogen-bond acceptors (Lipinski definition) is 8. The van der Waals surface area contributed by atoms with E-state index in [-0.39, 0.29) is 31.4 Å². The van der Waals surface area contributed by atoms with E-state index in [0.29, 0.717) is 19.4 Å². The number of nitrogens with two attached hydrogens (primary N) is 3. The summed E-state index contributed by atoms with van der Waals surface area (Å²) in [7, 11) is 0. The second kappa shape index (κ2) is 12.9. The van der Waals surface area contributed by atoms with Gasteiger partial charge in [-0.15, -0.1) is 0 Å². The Morgan fingerprint density at radius 1 is 1.00 bits per heavy atom. The van der Waals surface area contributed by atoms with Crippen molar-refractivity contribution >= 4 is 48.1 Å². The Morgan fingerprint density at radius 3 is 2.06 bits per heavy atom. The van der Waals surface area contributed by atoms with Gasteiger partial charge in [-0.3, -0.25) is 24.0 Å². The maximum absolute atomic E-state index is 12.8. The van der Waals surface area contributed by atoms with Gasteiger partial charge in [0.15, 0.2) is 0 Å². The number of carbonyl (C=O) groups is 6. The van der Waals surface area contributed by atoms with Crippen LogP contribution in [0.15, 0.2) is 0 Å². The number of primary amides is 2. The summed E-state index contributed by atoms with van der Waals surface area (Å²) in [5, 5.41) is 14.0. The zero-order valence-corrected chi connectivity index (χ0v) is 18.4. The van der Waals surface area contributed by atoms with Crippen molar-refractivity contribution in [3.8, 4) is 0 Å². The number of carboxylic acids is 1. The molecule has 4 unspecified atom stereocenters. The van der Waals surface area contributed by atoms with E-state index < -0.39 is 59.7 Å². The number of carbonyl (C=O) groups excluding carboxylic acids is 5. The third-order valence-corrected chi connectivity index (χ3v) is 5.35. The lowest BCUT2D eigenvalue weighted by atomic mass is 10.1. The van der Waals surface area contributed by atoms with Crippen molar-refractivity contribution in [2.24, 2.45) is 17.2 Å². The number of nitrogens with one attached hydrogen (secondary N) is 2. The first-order valence-corrected chi connectivity index (χ1v) is 10.7. The summed E-state index contributed by atoms with van der Waals surface area (Å²) in [6.45, 7) is 0.310. The SMILES string of the molecule is NC(=O)CCC(NC(=O)C(CCC(N)=O)NC(=O)C1CCCN1C(=O)C(N)CS)C(=O)O. The fraction of sp³-hybridized carbons (Fsp3) is 0.667. The van der Waals surface area contributed by atoms with Crippen LogP contribution >= 0.6 is 12.6 Å². The molecule has 0 aromatic carbocycles. The predicted molar refractivity (Wildman–Crippen MR) is 115 cm³/mol. The van der Waals surface area contributed by atoms with E-state index in [0.717, 1.165) is 0 Å². The van der Waals surface area contributed by atoms with E-state index in [4.69, 9.17) is 17.2 Å². The molecule has 5 amide bonds. The molecule has 1 aliphatic heterocycles. The Bertz CT molecular complexity index is 749. The Balaban J connectivity index is 2.93. The molecular formula is C18H30N6O7S. The van der Waals surface area contributed by atoms with Crippen LogP contribution < -0.4 is 27.8 Å². The van der Waals surface area contributed by atoms with Gasteiger partial charge in [-0.25, -0.2) is 4.79 Å². The van der Waals surface area contributed by atoms with Crippen LogP contribution in [0.1, 0.15) is 38.5 Å². The summed E-state index contributed by atoms with van der Waals surface area (Å²) in [6, 6.07) is -4.48. The third-order valence-electron chi connectivity index (χ3n) is 4.96. The highest BCUT2D eigenvalue weighted by Gasteiger charge is 2.37. The van der Waals surface area contributed by atoms with Crippen molar-refractivity contribution in [3.63, 3.8) is 0 Å². The van der Waals surface area contributed by atoms with Crippen molar-refractivity contribution in [2.45, 2.75) is 62.7 Å². The van der Waals surface area contributed by atoms with Crippen molar-refractivity contribution in [1.82, 2.24) is 15.5 Å². The molecule has 0 aliphatic carbocycles. The van der Waals surface area contributed by atoms with Crippen molar-refractivity contribution in [1.29, 1.82) is 0 Å². The lowest BCUT2D eigenvalue weighted by Gasteiger charge is -2.28. The van der Waals surface area contributed by atoms with Gasteiger partial charge in [0.05, 0.1) is 6.04 Å². The molecule has 32 heavy (non-hydrogen) atoms. The lowest BCUT2D eigenvalue weighted by Crippen LogP contribution is -2.57. The van der Waals surface area contributed by atoms with E-state index in [1.165, 1.54) is 4.90 Å². The van der Waals surface area contributed by atoms with Crippen molar-refractivity contribution in [3.05, 3.63) is 0 Å². The number of thiol groups is 1. The van der Waals surface area contributed by atoms with Gasteiger partial charge in [0.25, 0.3) is 0 Å². The van der Waals surface area contributed by atoms with Crippen LogP contribution in [-0.2, 0) is 28.8 Å². The highest BCUT2D eigenvalue weighted by molar-refractivity contribution is 7.80. The second-order valence-electron chi connectivity index (χ2n) is 7.45. The molecule has 9 N–H and O–H groups in total. The van der Waals surface area contributed by atoms with Crippen LogP contribution in [-0.4, -0.2) is 82.0 Å². The summed E-state index contributed by atoms with van der Waals surface area (Å²) >= 11 is 3.99. The molecule has 14 heteroatoms.